The summed E-state index contributed by atoms with van der Waals surface area (Å²) in [6.07, 6.45) is 0. The molecule has 0 atom stereocenters. The lowest BCUT2D eigenvalue weighted by Gasteiger charge is -2.12. The number of nitrogens with zero attached hydrogens (tertiary/aromatic N) is 1. The molecule has 0 aliphatic heterocycles. The molecule has 0 amide bonds. The molecule has 0 unspecified atom stereocenters. The Morgan fingerprint density at radius 3 is 2.15 bits per heavy atom. The number of rotatable bonds is 3. The normalized spacial score (nSPS) is 10.8. The van der Waals surface area contributed by atoms with E-state index in [9.17, 15) is 0 Å². The van der Waals surface area contributed by atoms with Gasteiger partial charge in [0.2, 0.25) is 0 Å². The van der Waals surface area contributed by atoms with Crippen molar-refractivity contribution in [3.8, 4) is 0 Å². The predicted octanol–water partition coefficient (Wildman–Crippen LogP) is 2.91. The summed E-state index contributed by atoms with van der Waals surface area (Å²) in [5.74, 6) is 1.05. The van der Waals surface area contributed by atoms with E-state index >= 15 is 0 Å². The summed E-state index contributed by atoms with van der Waals surface area (Å²) in [6, 6.07) is 6.46. The van der Waals surface area contributed by atoms with Gasteiger partial charge >= 0.3 is 0 Å². The second kappa shape index (κ2) is 4.68. The summed E-state index contributed by atoms with van der Waals surface area (Å²) in [5.41, 5.74) is 2.76. The zero-order chi connectivity index (χ0) is 9.84. The molecule has 0 N–H and O–H groups in total. The van der Waals surface area contributed by atoms with Crippen molar-refractivity contribution in [2.75, 3.05) is 20.0 Å². The van der Waals surface area contributed by atoms with E-state index in [4.69, 9.17) is 0 Å². The molecule has 0 saturated heterocycles. The average molecular weight is 195 g/mol. The number of hydrogen-bond acceptors (Lipinski definition) is 2. The highest BCUT2D eigenvalue weighted by atomic mass is 32.2. The Hall–Kier alpha value is -0.470. The smallest absolute Gasteiger partial charge is 0.0486 e. The van der Waals surface area contributed by atoms with Crippen LogP contribution in [0.2, 0.25) is 0 Å². The van der Waals surface area contributed by atoms with Gasteiger partial charge in [0, 0.05) is 10.8 Å². The fourth-order valence-corrected chi connectivity index (χ4v) is 2.20. The van der Waals surface area contributed by atoms with Crippen LogP contribution in [0.5, 0.6) is 0 Å². The molecule has 2 heteroatoms. The Labute approximate surface area is 85.1 Å². The van der Waals surface area contributed by atoms with Crippen LogP contribution in [0.1, 0.15) is 11.1 Å². The highest BCUT2D eigenvalue weighted by Gasteiger charge is 2.02. The third-order valence-corrected chi connectivity index (χ3v) is 3.45. The van der Waals surface area contributed by atoms with Crippen LogP contribution in [0.3, 0.4) is 0 Å². The van der Waals surface area contributed by atoms with Gasteiger partial charge in [-0.1, -0.05) is 18.2 Å². The maximum Gasteiger partial charge on any atom is 0.0486 e. The molecule has 0 aliphatic rings. The van der Waals surface area contributed by atoms with Gasteiger partial charge in [0.15, 0.2) is 0 Å². The zero-order valence-corrected chi connectivity index (χ0v) is 9.61. The Balaban J connectivity index is 2.75. The first-order valence-electron chi connectivity index (χ1n) is 4.45. The van der Waals surface area contributed by atoms with E-state index in [1.165, 1.54) is 16.0 Å². The first kappa shape index (κ1) is 10.6. The fraction of sp³-hybridized carbons (Fsp3) is 0.455. The van der Waals surface area contributed by atoms with Gasteiger partial charge in [0.1, 0.15) is 0 Å². The van der Waals surface area contributed by atoms with Crippen LogP contribution in [0, 0.1) is 13.8 Å². The second-order valence-electron chi connectivity index (χ2n) is 3.57. The average Bonchev–Trinajstić information content (AvgIpc) is 2.03. The molecule has 1 rings (SSSR count). The quantitative estimate of drug-likeness (QED) is 0.539. The minimum absolute atomic E-state index is 1.05. The van der Waals surface area contributed by atoms with Crippen LogP contribution >= 0.6 is 11.8 Å². The van der Waals surface area contributed by atoms with Gasteiger partial charge < -0.3 is 0 Å². The maximum atomic E-state index is 2.19. The zero-order valence-electron chi connectivity index (χ0n) is 8.79. The van der Waals surface area contributed by atoms with Gasteiger partial charge in [0.05, 0.1) is 0 Å². The van der Waals surface area contributed by atoms with E-state index in [2.05, 4.69) is 51.0 Å². The monoisotopic (exact) mass is 195 g/mol. The van der Waals surface area contributed by atoms with E-state index < -0.39 is 0 Å². The van der Waals surface area contributed by atoms with Crippen molar-refractivity contribution in [2.45, 2.75) is 18.7 Å². The molecule has 0 aliphatic carbocycles. The highest BCUT2D eigenvalue weighted by molar-refractivity contribution is 7.99. The van der Waals surface area contributed by atoms with Crippen molar-refractivity contribution in [1.29, 1.82) is 0 Å². The second-order valence-corrected chi connectivity index (χ2v) is 4.53. The minimum Gasteiger partial charge on any atom is -0.300 e. The van der Waals surface area contributed by atoms with Gasteiger partial charge in [-0.2, -0.15) is 0 Å². The summed E-state index contributed by atoms with van der Waals surface area (Å²) >= 11 is 1.91. The molecule has 0 heterocycles. The summed E-state index contributed by atoms with van der Waals surface area (Å²) in [7, 11) is 4.20. The van der Waals surface area contributed by atoms with Crippen molar-refractivity contribution >= 4 is 11.8 Å². The van der Waals surface area contributed by atoms with Crippen molar-refractivity contribution < 1.29 is 0 Å². The minimum atomic E-state index is 1.05. The Kier molecular flexibility index (Phi) is 3.82. The summed E-state index contributed by atoms with van der Waals surface area (Å²) in [5, 5.41) is 0. The summed E-state index contributed by atoms with van der Waals surface area (Å²) < 4.78 is 0. The summed E-state index contributed by atoms with van der Waals surface area (Å²) in [4.78, 5) is 3.62. The molecular formula is C11H17NS. The molecule has 1 nitrogen and oxygen atoms in total. The molecule has 0 fully saturated rings. The summed E-state index contributed by atoms with van der Waals surface area (Å²) in [6.45, 7) is 4.34. The predicted molar refractivity (Wildman–Crippen MR) is 60.3 cm³/mol. The van der Waals surface area contributed by atoms with Crippen molar-refractivity contribution in [2.24, 2.45) is 0 Å². The van der Waals surface area contributed by atoms with Crippen molar-refractivity contribution in [1.82, 2.24) is 4.90 Å². The SMILES string of the molecule is Cc1cccc(C)c1SCN(C)C. The lowest BCUT2D eigenvalue weighted by molar-refractivity contribution is 0.485. The third kappa shape index (κ3) is 3.05. The molecule has 0 bridgehead atoms. The molecule has 0 saturated carbocycles. The molecule has 13 heavy (non-hydrogen) atoms. The maximum absolute atomic E-state index is 2.19. The number of aryl methyl sites for hydroxylation is 2. The van der Waals surface area contributed by atoms with E-state index in [0.29, 0.717) is 0 Å². The number of benzene rings is 1. The Bertz CT molecular complexity index is 261. The van der Waals surface area contributed by atoms with Crippen LogP contribution < -0.4 is 0 Å². The largest absolute Gasteiger partial charge is 0.300 e. The van der Waals surface area contributed by atoms with Crippen molar-refractivity contribution in [3.63, 3.8) is 0 Å². The van der Waals surface area contributed by atoms with Crippen LogP contribution in [-0.4, -0.2) is 24.9 Å². The first-order valence-corrected chi connectivity index (χ1v) is 5.43. The van der Waals surface area contributed by atoms with Gasteiger partial charge in [0.25, 0.3) is 0 Å². The Morgan fingerprint density at radius 1 is 1.15 bits per heavy atom. The van der Waals surface area contributed by atoms with E-state index in [-0.39, 0.29) is 0 Å². The van der Waals surface area contributed by atoms with Crippen LogP contribution in [-0.2, 0) is 0 Å². The standard InChI is InChI=1S/C11H17NS/c1-9-6-5-7-10(2)11(9)13-8-12(3)4/h5-7H,8H2,1-4H3. The van der Waals surface area contributed by atoms with Gasteiger partial charge in [-0.3, -0.25) is 4.90 Å². The molecule has 72 valence electrons. The van der Waals surface area contributed by atoms with Gasteiger partial charge in [-0.15, -0.1) is 11.8 Å². The molecule has 0 aromatic heterocycles. The van der Waals surface area contributed by atoms with Crippen molar-refractivity contribution in [3.05, 3.63) is 29.3 Å². The molecule has 0 radical (unpaired) electrons. The lowest BCUT2D eigenvalue weighted by atomic mass is 10.2. The third-order valence-electron chi connectivity index (χ3n) is 1.88. The molecule has 1 aromatic carbocycles. The number of hydrogen-bond donors (Lipinski definition) is 0. The topological polar surface area (TPSA) is 3.24 Å². The van der Waals surface area contributed by atoms with Crippen LogP contribution in [0.25, 0.3) is 0 Å². The Morgan fingerprint density at radius 2 is 1.69 bits per heavy atom. The van der Waals surface area contributed by atoms with Gasteiger partial charge in [-0.25, -0.2) is 0 Å². The first-order chi connectivity index (χ1) is 6.11. The van der Waals surface area contributed by atoms with E-state index in [1.807, 2.05) is 11.8 Å². The van der Waals surface area contributed by atoms with Crippen LogP contribution in [0.4, 0.5) is 0 Å². The van der Waals surface area contributed by atoms with Gasteiger partial charge in [-0.05, 0) is 39.1 Å². The van der Waals surface area contributed by atoms with E-state index in [0.717, 1.165) is 5.88 Å². The molecular weight excluding hydrogens is 178 g/mol. The highest BCUT2D eigenvalue weighted by Crippen LogP contribution is 2.25. The molecule has 0 spiro atoms. The number of thioether (sulfide) groups is 1. The molecule has 1 aromatic rings. The van der Waals surface area contributed by atoms with Crippen LogP contribution in [0.15, 0.2) is 23.1 Å². The lowest BCUT2D eigenvalue weighted by Crippen LogP contribution is -2.09. The fourth-order valence-electron chi connectivity index (χ4n) is 1.22. The van der Waals surface area contributed by atoms with E-state index in [1.54, 1.807) is 0 Å².